The van der Waals surface area contributed by atoms with Gasteiger partial charge in [0.05, 0.1) is 0 Å². The van der Waals surface area contributed by atoms with Gasteiger partial charge in [0, 0.05) is 17.3 Å². The van der Waals surface area contributed by atoms with Gasteiger partial charge in [0.25, 0.3) is 0 Å². The van der Waals surface area contributed by atoms with E-state index in [-0.39, 0.29) is 0 Å². The highest BCUT2D eigenvalue weighted by molar-refractivity contribution is 6.30. The molecule has 112 valence electrons. The van der Waals surface area contributed by atoms with Gasteiger partial charge in [-0.25, -0.2) is 0 Å². The molecule has 2 rings (SSSR count). The third-order valence-corrected chi connectivity index (χ3v) is 3.71. The molecular formula is C18H22ClNO. The van der Waals surface area contributed by atoms with E-state index < -0.39 is 0 Å². The zero-order valence-electron chi connectivity index (χ0n) is 13.1. The van der Waals surface area contributed by atoms with Gasteiger partial charge in [-0.3, -0.25) is 0 Å². The summed E-state index contributed by atoms with van der Waals surface area (Å²) in [4.78, 5) is 0. The van der Waals surface area contributed by atoms with Crippen molar-refractivity contribution in [2.75, 3.05) is 18.5 Å². The molecule has 0 aliphatic rings. The molecule has 2 nitrogen and oxygen atoms in total. The summed E-state index contributed by atoms with van der Waals surface area (Å²) in [5, 5.41) is 4.20. The Kier molecular flexibility index (Phi) is 5.13. The standard InChI is InChI=1S/C18H22ClNO/c1-12-9-14(3)18(15(4)10-12)20-7-8-21-17-6-5-16(19)11-13(17)2/h5-6,9-11,20H,7-8H2,1-4H3. The van der Waals surface area contributed by atoms with Gasteiger partial charge in [-0.15, -0.1) is 0 Å². The predicted molar refractivity (Wildman–Crippen MR) is 90.8 cm³/mol. The van der Waals surface area contributed by atoms with Gasteiger partial charge in [0.15, 0.2) is 0 Å². The summed E-state index contributed by atoms with van der Waals surface area (Å²) in [6.07, 6.45) is 0. The monoisotopic (exact) mass is 303 g/mol. The lowest BCUT2D eigenvalue weighted by molar-refractivity contribution is 0.330. The predicted octanol–water partition coefficient (Wildman–Crippen LogP) is 5.06. The van der Waals surface area contributed by atoms with Crippen molar-refractivity contribution in [2.45, 2.75) is 27.7 Å². The molecule has 0 bridgehead atoms. The Morgan fingerprint density at radius 1 is 0.952 bits per heavy atom. The van der Waals surface area contributed by atoms with Gasteiger partial charge in [0.2, 0.25) is 0 Å². The minimum absolute atomic E-state index is 0.620. The summed E-state index contributed by atoms with van der Waals surface area (Å²) < 4.78 is 5.80. The second kappa shape index (κ2) is 6.86. The van der Waals surface area contributed by atoms with Crippen molar-refractivity contribution >= 4 is 17.3 Å². The van der Waals surface area contributed by atoms with Crippen LogP contribution in [0, 0.1) is 27.7 Å². The van der Waals surface area contributed by atoms with Crippen LogP contribution in [0.15, 0.2) is 30.3 Å². The first-order valence-corrected chi connectivity index (χ1v) is 7.56. The van der Waals surface area contributed by atoms with Gasteiger partial charge in [-0.1, -0.05) is 29.3 Å². The maximum Gasteiger partial charge on any atom is 0.122 e. The topological polar surface area (TPSA) is 21.3 Å². The van der Waals surface area contributed by atoms with E-state index in [2.05, 4.69) is 38.2 Å². The van der Waals surface area contributed by atoms with Gasteiger partial charge < -0.3 is 10.1 Å². The zero-order chi connectivity index (χ0) is 15.4. The Labute approximate surface area is 132 Å². The highest BCUT2D eigenvalue weighted by Gasteiger charge is 2.04. The molecule has 2 aromatic carbocycles. The molecule has 0 spiro atoms. The highest BCUT2D eigenvalue weighted by atomic mass is 35.5. The molecule has 0 saturated heterocycles. The molecule has 0 heterocycles. The quantitative estimate of drug-likeness (QED) is 0.779. The Hall–Kier alpha value is -1.67. The van der Waals surface area contributed by atoms with Crippen LogP contribution in [0.4, 0.5) is 5.69 Å². The van der Waals surface area contributed by atoms with E-state index >= 15 is 0 Å². The first-order valence-electron chi connectivity index (χ1n) is 7.18. The Bertz CT molecular complexity index is 614. The van der Waals surface area contributed by atoms with E-state index in [0.717, 1.165) is 22.9 Å². The number of ether oxygens (including phenoxy) is 1. The fourth-order valence-electron chi connectivity index (χ4n) is 2.57. The molecular weight excluding hydrogens is 282 g/mol. The van der Waals surface area contributed by atoms with Crippen molar-refractivity contribution in [3.05, 3.63) is 57.6 Å². The third-order valence-electron chi connectivity index (χ3n) is 3.48. The van der Waals surface area contributed by atoms with Crippen LogP contribution in [-0.4, -0.2) is 13.2 Å². The summed E-state index contributed by atoms with van der Waals surface area (Å²) in [7, 11) is 0. The van der Waals surface area contributed by atoms with Crippen molar-refractivity contribution in [3.8, 4) is 5.75 Å². The normalized spacial score (nSPS) is 10.5. The molecule has 0 unspecified atom stereocenters. The van der Waals surface area contributed by atoms with Gasteiger partial charge in [-0.2, -0.15) is 0 Å². The zero-order valence-corrected chi connectivity index (χ0v) is 13.8. The van der Waals surface area contributed by atoms with E-state index in [0.29, 0.717) is 6.61 Å². The van der Waals surface area contributed by atoms with Crippen molar-refractivity contribution in [1.29, 1.82) is 0 Å². The van der Waals surface area contributed by atoms with E-state index in [1.807, 2.05) is 25.1 Å². The number of hydrogen-bond acceptors (Lipinski definition) is 2. The first kappa shape index (κ1) is 15.7. The number of nitrogens with one attached hydrogen (secondary N) is 1. The van der Waals surface area contributed by atoms with Crippen molar-refractivity contribution in [3.63, 3.8) is 0 Å². The minimum atomic E-state index is 0.620. The van der Waals surface area contributed by atoms with Gasteiger partial charge >= 0.3 is 0 Å². The van der Waals surface area contributed by atoms with Gasteiger partial charge in [-0.05, 0) is 62.6 Å². The molecule has 0 aromatic heterocycles. The lowest BCUT2D eigenvalue weighted by Gasteiger charge is -2.15. The van der Waals surface area contributed by atoms with E-state index in [4.69, 9.17) is 16.3 Å². The SMILES string of the molecule is Cc1cc(C)c(NCCOc2ccc(Cl)cc2C)c(C)c1. The smallest absolute Gasteiger partial charge is 0.122 e. The lowest BCUT2D eigenvalue weighted by atomic mass is 10.1. The maximum absolute atomic E-state index is 5.94. The van der Waals surface area contributed by atoms with Crippen molar-refractivity contribution in [1.82, 2.24) is 0 Å². The molecule has 0 atom stereocenters. The summed E-state index contributed by atoms with van der Waals surface area (Å²) in [5.41, 5.74) is 6.11. The molecule has 2 aromatic rings. The van der Waals surface area contributed by atoms with Crippen molar-refractivity contribution < 1.29 is 4.74 Å². The van der Waals surface area contributed by atoms with Crippen LogP contribution in [0.3, 0.4) is 0 Å². The van der Waals surface area contributed by atoms with Crippen LogP contribution in [0.1, 0.15) is 22.3 Å². The van der Waals surface area contributed by atoms with Crippen LogP contribution >= 0.6 is 11.6 Å². The third kappa shape index (κ3) is 4.15. The molecule has 0 saturated carbocycles. The Morgan fingerprint density at radius 3 is 2.24 bits per heavy atom. The number of benzene rings is 2. The van der Waals surface area contributed by atoms with Crippen LogP contribution < -0.4 is 10.1 Å². The molecule has 0 radical (unpaired) electrons. The summed E-state index contributed by atoms with van der Waals surface area (Å²) >= 11 is 5.94. The average Bonchev–Trinajstić information content (AvgIpc) is 2.38. The van der Waals surface area contributed by atoms with Crippen molar-refractivity contribution in [2.24, 2.45) is 0 Å². The highest BCUT2D eigenvalue weighted by Crippen LogP contribution is 2.23. The number of aryl methyl sites for hydroxylation is 4. The van der Waals surface area contributed by atoms with E-state index in [1.54, 1.807) is 0 Å². The number of hydrogen-bond donors (Lipinski definition) is 1. The fraction of sp³-hybridized carbons (Fsp3) is 0.333. The Balaban J connectivity index is 1.90. The largest absolute Gasteiger partial charge is 0.491 e. The second-order valence-corrected chi connectivity index (χ2v) is 5.90. The summed E-state index contributed by atoms with van der Waals surface area (Å²) in [5.74, 6) is 0.888. The number of rotatable bonds is 5. The first-order chi connectivity index (χ1) is 9.97. The molecule has 21 heavy (non-hydrogen) atoms. The fourth-order valence-corrected chi connectivity index (χ4v) is 2.80. The van der Waals surface area contributed by atoms with E-state index in [1.165, 1.54) is 22.4 Å². The second-order valence-electron chi connectivity index (χ2n) is 5.46. The maximum atomic E-state index is 5.94. The number of halogens is 1. The summed E-state index contributed by atoms with van der Waals surface area (Å²) in [6.45, 7) is 9.78. The van der Waals surface area contributed by atoms with Gasteiger partial charge in [0.1, 0.15) is 12.4 Å². The van der Waals surface area contributed by atoms with Crippen LogP contribution in [0.25, 0.3) is 0 Å². The lowest BCUT2D eigenvalue weighted by Crippen LogP contribution is -2.13. The molecule has 0 fully saturated rings. The molecule has 1 N–H and O–H groups in total. The van der Waals surface area contributed by atoms with Crippen LogP contribution in [-0.2, 0) is 0 Å². The van der Waals surface area contributed by atoms with E-state index in [9.17, 15) is 0 Å². The Morgan fingerprint density at radius 2 is 1.62 bits per heavy atom. The summed E-state index contributed by atoms with van der Waals surface area (Å²) in [6, 6.07) is 10.1. The molecule has 0 aliphatic carbocycles. The minimum Gasteiger partial charge on any atom is -0.491 e. The molecule has 0 amide bonds. The van der Waals surface area contributed by atoms with Crippen LogP contribution in [0.2, 0.25) is 5.02 Å². The number of anilines is 1. The van der Waals surface area contributed by atoms with Crippen LogP contribution in [0.5, 0.6) is 5.75 Å². The molecule has 0 aliphatic heterocycles. The molecule has 3 heteroatoms. The average molecular weight is 304 g/mol.